The summed E-state index contributed by atoms with van der Waals surface area (Å²) in [4.78, 5) is 0. The van der Waals surface area contributed by atoms with Gasteiger partial charge in [-0.2, -0.15) is 0 Å². The lowest BCUT2D eigenvalue weighted by Crippen LogP contribution is -2.27. The van der Waals surface area contributed by atoms with E-state index in [2.05, 4.69) is 22.9 Å². The van der Waals surface area contributed by atoms with Gasteiger partial charge in [0.15, 0.2) is 0 Å². The second-order valence-corrected chi connectivity index (χ2v) is 5.86. The molecular weight excluding hydrogens is 318 g/mol. The van der Waals surface area contributed by atoms with Gasteiger partial charge < -0.3 is 15.2 Å². The SMILES string of the molecule is COc1c(Br)cc(Cl)cc1C(N)C1CCOC1C. The molecule has 2 rings (SSSR count). The van der Waals surface area contributed by atoms with Crippen LogP contribution in [0.15, 0.2) is 16.6 Å². The first-order chi connectivity index (χ1) is 8.54. The summed E-state index contributed by atoms with van der Waals surface area (Å²) in [7, 11) is 1.64. The van der Waals surface area contributed by atoms with Gasteiger partial charge in [0.1, 0.15) is 5.75 Å². The van der Waals surface area contributed by atoms with Gasteiger partial charge in [-0.3, -0.25) is 0 Å². The standard InChI is InChI=1S/C13H17BrClNO2/c1-7-9(3-4-18-7)12(16)10-5-8(15)6-11(14)13(10)17-2/h5-7,9,12H,3-4,16H2,1-2H3. The number of hydrogen-bond donors (Lipinski definition) is 1. The van der Waals surface area contributed by atoms with Crippen molar-refractivity contribution in [2.75, 3.05) is 13.7 Å². The number of benzene rings is 1. The van der Waals surface area contributed by atoms with Gasteiger partial charge in [0.25, 0.3) is 0 Å². The molecule has 1 aliphatic heterocycles. The van der Waals surface area contributed by atoms with E-state index in [4.69, 9.17) is 26.8 Å². The lowest BCUT2D eigenvalue weighted by Gasteiger charge is -2.24. The molecule has 1 fully saturated rings. The number of nitrogens with two attached hydrogens (primary N) is 1. The lowest BCUT2D eigenvalue weighted by atomic mass is 9.88. The molecule has 0 bridgehead atoms. The Hall–Kier alpha value is -0.290. The maximum Gasteiger partial charge on any atom is 0.137 e. The molecule has 5 heteroatoms. The van der Waals surface area contributed by atoms with Crippen molar-refractivity contribution in [2.24, 2.45) is 11.7 Å². The van der Waals surface area contributed by atoms with E-state index in [0.29, 0.717) is 10.9 Å². The van der Waals surface area contributed by atoms with Crippen LogP contribution >= 0.6 is 27.5 Å². The van der Waals surface area contributed by atoms with Crippen molar-refractivity contribution in [1.29, 1.82) is 0 Å². The molecule has 3 atom stereocenters. The van der Waals surface area contributed by atoms with Crippen LogP contribution in [-0.2, 0) is 4.74 Å². The quantitative estimate of drug-likeness (QED) is 0.919. The molecule has 0 spiro atoms. The third-order valence-electron chi connectivity index (χ3n) is 3.50. The Morgan fingerprint density at radius 3 is 2.83 bits per heavy atom. The molecule has 0 radical (unpaired) electrons. The first-order valence-corrected chi connectivity index (χ1v) is 7.11. The van der Waals surface area contributed by atoms with Crippen LogP contribution in [0.1, 0.15) is 24.9 Å². The maximum absolute atomic E-state index is 6.37. The van der Waals surface area contributed by atoms with Crippen molar-refractivity contribution in [3.63, 3.8) is 0 Å². The minimum atomic E-state index is -0.132. The van der Waals surface area contributed by atoms with E-state index < -0.39 is 0 Å². The normalized spacial score (nSPS) is 25.2. The number of halogens is 2. The van der Waals surface area contributed by atoms with E-state index in [-0.39, 0.29) is 12.1 Å². The average Bonchev–Trinajstić information content (AvgIpc) is 2.73. The highest BCUT2D eigenvalue weighted by Gasteiger charge is 2.32. The van der Waals surface area contributed by atoms with E-state index in [9.17, 15) is 0 Å². The molecule has 1 aliphatic rings. The molecule has 1 heterocycles. The number of ether oxygens (including phenoxy) is 2. The first kappa shape index (κ1) is 14.1. The van der Waals surface area contributed by atoms with Crippen molar-refractivity contribution in [1.82, 2.24) is 0 Å². The summed E-state index contributed by atoms with van der Waals surface area (Å²) in [6.45, 7) is 2.83. The van der Waals surface area contributed by atoms with Gasteiger partial charge in [0.05, 0.1) is 17.7 Å². The zero-order valence-corrected chi connectivity index (χ0v) is 12.8. The van der Waals surface area contributed by atoms with Crippen LogP contribution in [0.3, 0.4) is 0 Å². The summed E-state index contributed by atoms with van der Waals surface area (Å²) in [5.74, 6) is 1.05. The van der Waals surface area contributed by atoms with Crippen molar-refractivity contribution < 1.29 is 9.47 Å². The van der Waals surface area contributed by atoms with Crippen molar-refractivity contribution in [2.45, 2.75) is 25.5 Å². The van der Waals surface area contributed by atoms with Crippen LogP contribution in [0.2, 0.25) is 5.02 Å². The Labute approximate surface area is 121 Å². The van der Waals surface area contributed by atoms with E-state index >= 15 is 0 Å². The van der Waals surface area contributed by atoms with Gasteiger partial charge in [-0.15, -0.1) is 0 Å². The van der Waals surface area contributed by atoms with E-state index in [1.165, 1.54) is 0 Å². The largest absolute Gasteiger partial charge is 0.495 e. The summed E-state index contributed by atoms with van der Waals surface area (Å²) in [5, 5.41) is 0.652. The van der Waals surface area contributed by atoms with Gasteiger partial charge in [-0.05, 0) is 41.4 Å². The van der Waals surface area contributed by atoms with Crippen molar-refractivity contribution in [3.8, 4) is 5.75 Å². The average molecular weight is 335 g/mol. The second-order valence-electron chi connectivity index (χ2n) is 4.56. The van der Waals surface area contributed by atoms with Crippen LogP contribution in [0.4, 0.5) is 0 Å². The molecule has 0 saturated carbocycles. The monoisotopic (exact) mass is 333 g/mol. The van der Waals surface area contributed by atoms with Gasteiger partial charge in [-0.25, -0.2) is 0 Å². The minimum absolute atomic E-state index is 0.132. The Morgan fingerprint density at radius 2 is 2.28 bits per heavy atom. The van der Waals surface area contributed by atoms with Gasteiger partial charge in [0.2, 0.25) is 0 Å². The number of rotatable bonds is 3. The third-order valence-corrected chi connectivity index (χ3v) is 4.30. The molecule has 0 aliphatic carbocycles. The summed E-state index contributed by atoms with van der Waals surface area (Å²) >= 11 is 9.55. The first-order valence-electron chi connectivity index (χ1n) is 5.94. The minimum Gasteiger partial charge on any atom is -0.495 e. The lowest BCUT2D eigenvalue weighted by molar-refractivity contribution is 0.0992. The highest BCUT2D eigenvalue weighted by molar-refractivity contribution is 9.10. The third kappa shape index (κ3) is 2.67. The molecular formula is C13H17BrClNO2. The zero-order valence-electron chi connectivity index (χ0n) is 10.5. The fraction of sp³-hybridized carbons (Fsp3) is 0.538. The maximum atomic E-state index is 6.37. The molecule has 100 valence electrons. The summed E-state index contributed by atoms with van der Waals surface area (Å²) in [6.07, 6.45) is 1.14. The summed E-state index contributed by atoms with van der Waals surface area (Å²) in [5.41, 5.74) is 7.30. The molecule has 3 unspecified atom stereocenters. The van der Waals surface area contributed by atoms with Crippen LogP contribution in [-0.4, -0.2) is 19.8 Å². The predicted molar refractivity (Wildman–Crippen MR) is 76.2 cm³/mol. The van der Waals surface area contributed by atoms with Crippen LogP contribution in [0.25, 0.3) is 0 Å². The molecule has 1 aromatic rings. The Bertz CT molecular complexity index is 441. The highest BCUT2D eigenvalue weighted by Crippen LogP contribution is 2.40. The summed E-state index contributed by atoms with van der Waals surface area (Å²) < 4.78 is 11.8. The van der Waals surface area contributed by atoms with Crippen LogP contribution in [0, 0.1) is 5.92 Å². The smallest absolute Gasteiger partial charge is 0.137 e. The van der Waals surface area contributed by atoms with E-state index in [1.54, 1.807) is 7.11 Å². The highest BCUT2D eigenvalue weighted by atomic mass is 79.9. The Balaban J connectivity index is 2.37. The van der Waals surface area contributed by atoms with E-state index in [1.807, 2.05) is 12.1 Å². The van der Waals surface area contributed by atoms with Crippen molar-refractivity contribution >= 4 is 27.5 Å². The molecule has 0 amide bonds. The fourth-order valence-electron chi connectivity index (χ4n) is 2.49. The topological polar surface area (TPSA) is 44.5 Å². The van der Waals surface area contributed by atoms with Crippen molar-refractivity contribution in [3.05, 3.63) is 27.2 Å². The van der Waals surface area contributed by atoms with E-state index in [0.717, 1.165) is 28.8 Å². The fourth-order valence-corrected chi connectivity index (χ4v) is 3.49. The molecule has 1 aromatic carbocycles. The van der Waals surface area contributed by atoms with Crippen LogP contribution < -0.4 is 10.5 Å². The van der Waals surface area contributed by atoms with Crippen LogP contribution in [0.5, 0.6) is 5.75 Å². The molecule has 2 N–H and O–H groups in total. The number of methoxy groups -OCH3 is 1. The van der Waals surface area contributed by atoms with Gasteiger partial charge >= 0.3 is 0 Å². The molecule has 3 nitrogen and oxygen atoms in total. The molecule has 0 aromatic heterocycles. The van der Waals surface area contributed by atoms with Gasteiger partial charge in [0, 0.05) is 29.2 Å². The second kappa shape index (κ2) is 5.78. The number of hydrogen-bond acceptors (Lipinski definition) is 3. The Kier molecular flexibility index (Phi) is 4.54. The molecule has 18 heavy (non-hydrogen) atoms. The zero-order chi connectivity index (χ0) is 13.3. The Morgan fingerprint density at radius 1 is 1.56 bits per heavy atom. The van der Waals surface area contributed by atoms with Gasteiger partial charge in [-0.1, -0.05) is 11.6 Å². The summed E-state index contributed by atoms with van der Waals surface area (Å²) in [6, 6.07) is 3.55. The molecule has 1 saturated heterocycles. The predicted octanol–water partition coefficient (Wildman–Crippen LogP) is 3.54.